The molecule has 2 aliphatic rings. The van der Waals surface area contributed by atoms with E-state index in [0.29, 0.717) is 15.8 Å². The SMILES string of the molecule is Cc1cc(/C=C2\SC(=Nc3cccc(C(=O)[O-])c3)N(C)C2=O)ccc1N1CCCC1. The van der Waals surface area contributed by atoms with E-state index in [1.807, 2.05) is 12.1 Å². The second kappa shape index (κ2) is 8.36. The maximum Gasteiger partial charge on any atom is 0.266 e. The Bertz CT molecular complexity index is 1070. The molecule has 0 saturated carbocycles. The van der Waals surface area contributed by atoms with Gasteiger partial charge in [0.05, 0.1) is 16.6 Å². The number of carbonyl (C=O) groups excluding carboxylic acids is 2. The zero-order chi connectivity index (χ0) is 21.3. The van der Waals surface area contributed by atoms with Crippen LogP contribution in [0, 0.1) is 6.92 Å². The molecule has 2 heterocycles. The van der Waals surface area contributed by atoms with E-state index in [-0.39, 0.29) is 11.5 Å². The minimum absolute atomic E-state index is 0.0539. The number of benzene rings is 2. The number of hydrogen-bond donors (Lipinski definition) is 0. The number of likely N-dealkylation sites (N-methyl/N-ethyl adjacent to an activating group) is 1. The fourth-order valence-corrected chi connectivity index (χ4v) is 4.68. The lowest BCUT2D eigenvalue weighted by Crippen LogP contribution is -2.23. The summed E-state index contributed by atoms with van der Waals surface area (Å²) in [5.74, 6) is -1.38. The molecular formula is C23H22N3O3S-. The molecule has 7 heteroatoms. The van der Waals surface area contributed by atoms with Gasteiger partial charge in [0, 0.05) is 25.8 Å². The lowest BCUT2D eigenvalue weighted by molar-refractivity contribution is -0.255. The van der Waals surface area contributed by atoms with Gasteiger partial charge in [-0.15, -0.1) is 0 Å². The van der Waals surface area contributed by atoms with Crippen LogP contribution >= 0.6 is 11.8 Å². The Labute approximate surface area is 179 Å². The summed E-state index contributed by atoms with van der Waals surface area (Å²) in [4.78, 5) is 32.7. The molecule has 0 N–H and O–H groups in total. The number of carboxylic acid groups (broad SMARTS) is 1. The van der Waals surface area contributed by atoms with Crippen LogP contribution in [-0.4, -0.2) is 42.1 Å². The molecule has 2 saturated heterocycles. The highest BCUT2D eigenvalue weighted by atomic mass is 32.2. The Balaban J connectivity index is 1.58. The van der Waals surface area contributed by atoms with E-state index >= 15 is 0 Å². The van der Waals surface area contributed by atoms with Crippen LogP contribution < -0.4 is 10.0 Å². The van der Waals surface area contributed by atoms with Gasteiger partial charge in [0.1, 0.15) is 0 Å². The lowest BCUT2D eigenvalue weighted by Gasteiger charge is -2.20. The van der Waals surface area contributed by atoms with Gasteiger partial charge in [-0.05, 0) is 78.6 Å². The molecule has 2 aromatic rings. The number of amides is 1. The molecule has 4 rings (SSSR count). The summed E-state index contributed by atoms with van der Waals surface area (Å²) in [6, 6.07) is 12.5. The number of carboxylic acids is 1. The van der Waals surface area contributed by atoms with Gasteiger partial charge >= 0.3 is 0 Å². The molecule has 0 aromatic heterocycles. The Morgan fingerprint density at radius 3 is 2.63 bits per heavy atom. The minimum atomic E-state index is -1.26. The van der Waals surface area contributed by atoms with Crippen LogP contribution in [0.25, 0.3) is 6.08 Å². The highest BCUT2D eigenvalue weighted by molar-refractivity contribution is 8.18. The van der Waals surface area contributed by atoms with Crippen molar-refractivity contribution < 1.29 is 14.7 Å². The van der Waals surface area contributed by atoms with Crippen molar-refractivity contribution in [3.63, 3.8) is 0 Å². The number of thioether (sulfide) groups is 1. The highest BCUT2D eigenvalue weighted by Gasteiger charge is 2.30. The third-order valence-electron chi connectivity index (χ3n) is 5.28. The summed E-state index contributed by atoms with van der Waals surface area (Å²) >= 11 is 1.28. The molecule has 2 aliphatic heterocycles. The topological polar surface area (TPSA) is 76.0 Å². The first kappa shape index (κ1) is 20.2. The van der Waals surface area contributed by atoms with Gasteiger partial charge < -0.3 is 14.8 Å². The first-order valence-corrected chi connectivity index (χ1v) is 10.7. The lowest BCUT2D eigenvalue weighted by atomic mass is 10.1. The van der Waals surface area contributed by atoms with Gasteiger partial charge in [-0.3, -0.25) is 9.69 Å². The summed E-state index contributed by atoms with van der Waals surface area (Å²) in [5.41, 5.74) is 3.94. The largest absolute Gasteiger partial charge is 0.545 e. The van der Waals surface area contributed by atoms with Crippen molar-refractivity contribution in [2.45, 2.75) is 19.8 Å². The fraction of sp³-hybridized carbons (Fsp3) is 0.261. The van der Waals surface area contributed by atoms with Crippen LogP contribution in [0.2, 0.25) is 0 Å². The average Bonchev–Trinajstić information content (AvgIpc) is 3.34. The summed E-state index contributed by atoms with van der Waals surface area (Å²) in [6.45, 7) is 4.29. The van der Waals surface area contributed by atoms with Gasteiger partial charge in [0.2, 0.25) is 0 Å². The predicted octanol–water partition coefficient (Wildman–Crippen LogP) is 3.19. The summed E-state index contributed by atoms with van der Waals surface area (Å²) in [6.07, 6.45) is 4.35. The molecular weight excluding hydrogens is 398 g/mol. The second-order valence-electron chi connectivity index (χ2n) is 7.45. The molecule has 1 amide bonds. The Hall–Kier alpha value is -3.06. The number of amidine groups is 1. The smallest absolute Gasteiger partial charge is 0.266 e. The number of aromatic carboxylic acids is 1. The molecule has 2 aromatic carbocycles. The first-order valence-electron chi connectivity index (χ1n) is 9.86. The van der Waals surface area contributed by atoms with Gasteiger partial charge in [-0.25, -0.2) is 4.99 Å². The molecule has 0 atom stereocenters. The molecule has 154 valence electrons. The minimum Gasteiger partial charge on any atom is -0.545 e. The Morgan fingerprint density at radius 2 is 1.93 bits per heavy atom. The predicted molar refractivity (Wildman–Crippen MR) is 119 cm³/mol. The van der Waals surface area contributed by atoms with Crippen molar-refractivity contribution >= 4 is 46.3 Å². The van der Waals surface area contributed by atoms with Crippen molar-refractivity contribution in [1.29, 1.82) is 0 Å². The number of hydrogen-bond acceptors (Lipinski definition) is 6. The molecule has 0 bridgehead atoms. The van der Waals surface area contributed by atoms with E-state index in [2.05, 4.69) is 28.9 Å². The second-order valence-corrected chi connectivity index (χ2v) is 8.46. The third-order valence-corrected chi connectivity index (χ3v) is 6.34. The summed E-state index contributed by atoms with van der Waals surface area (Å²) in [5, 5.41) is 11.6. The van der Waals surface area contributed by atoms with E-state index in [1.54, 1.807) is 19.2 Å². The van der Waals surface area contributed by atoms with E-state index in [1.165, 1.54) is 52.9 Å². The van der Waals surface area contributed by atoms with Crippen molar-refractivity contribution in [1.82, 2.24) is 4.90 Å². The van der Waals surface area contributed by atoms with E-state index in [0.717, 1.165) is 18.7 Å². The van der Waals surface area contributed by atoms with E-state index in [9.17, 15) is 14.7 Å². The standard InChI is InChI=1S/C23H23N3O3S/c1-15-12-16(8-9-19(15)26-10-3-4-11-26)13-20-21(27)25(2)23(30-20)24-18-7-5-6-17(14-18)22(28)29/h5-9,12-14H,3-4,10-11H2,1-2H3,(H,28,29)/p-1/b20-13-,24-23?. The van der Waals surface area contributed by atoms with Gasteiger partial charge in [-0.2, -0.15) is 0 Å². The van der Waals surface area contributed by atoms with Crippen LogP contribution in [0.4, 0.5) is 11.4 Å². The first-order chi connectivity index (χ1) is 14.4. The number of aliphatic imine (C=N–C) groups is 1. The number of anilines is 1. The molecule has 0 unspecified atom stereocenters. The van der Waals surface area contributed by atoms with Crippen LogP contribution in [0.15, 0.2) is 52.4 Å². The zero-order valence-electron chi connectivity index (χ0n) is 16.9. The highest BCUT2D eigenvalue weighted by Crippen LogP contribution is 2.34. The monoisotopic (exact) mass is 420 g/mol. The summed E-state index contributed by atoms with van der Waals surface area (Å²) in [7, 11) is 1.67. The number of carbonyl (C=O) groups is 2. The van der Waals surface area contributed by atoms with Crippen molar-refractivity contribution in [3.05, 3.63) is 64.1 Å². The van der Waals surface area contributed by atoms with E-state index in [4.69, 9.17) is 0 Å². The Morgan fingerprint density at radius 1 is 1.17 bits per heavy atom. The number of rotatable bonds is 4. The quantitative estimate of drug-likeness (QED) is 0.710. The number of nitrogens with zero attached hydrogens (tertiary/aromatic N) is 3. The van der Waals surface area contributed by atoms with Crippen LogP contribution in [-0.2, 0) is 4.79 Å². The number of aryl methyl sites for hydroxylation is 1. The normalized spacial score (nSPS) is 19.3. The molecule has 0 aliphatic carbocycles. The maximum atomic E-state index is 12.7. The van der Waals surface area contributed by atoms with Crippen molar-refractivity contribution in [2.24, 2.45) is 4.99 Å². The third kappa shape index (κ3) is 4.11. The average molecular weight is 421 g/mol. The molecule has 6 nitrogen and oxygen atoms in total. The fourth-order valence-electron chi connectivity index (χ4n) is 3.70. The van der Waals surface area contributed by atoms with Gasteiger partial charge in [0.15, 0.2) is 5.17 Å². The van der Waals surface area contributed by atoms with Crippen LogP contribution in [0.1, 0.15) is 34.3 Å². The van der Waals surface area contributed by atoms with Gasteiger partial charge in [-0.1, -0.05) is 18.2 Å². The molecule has 0 radical (unpaired) electrons. The molecule has 2 fully saturated rings. The van der Waals surface area contributed by atoms with E-state index < -0.39 is 5.97 Å². The van der Waals surface area contributed by atoms with Crippen LogP contribution in [0.5, 0.6) is 0 Å². The zero-order valence-corrected chi connectivity index (χ0v) is 17.7. The Kier molecular flexibility index (Phi) is 5.63. The van der Waals surface area contributed by atoms with Gasteiger partial charge in [0.25, 0.3) is 5.91 Å². The van der Waals surface area contributed by atoms with Crippen LogP contribution in [0.3, 0.4) is 0 Å². The van der Waals surface area contributed by atoms with Crippen molar-refractivity contribution in [2.75, 3.05) is 25.0 Å². The maximum absolute atomic E-state index is 12.7. The summed E-state index contributed by atoms with van der Waals surface area (Å²) < 4.78 is 0. The molecule has 30 heavy (non-hydrogen) atoms. The molecule has 0 spiro atoms. The van der Waals surface area contributed by atoms with Crippen molar-refractivity contribution in [3.8, 4) is 0 Å².